The normalized spacial score (nSPS) is 12.9. The van der Waals surface area contributed by atoms with Crippen molar-refractivity contribution in [1.82, 2.24) is 25.0 Å². The minimum atomic E-state index is -0.203. The molecule has 9 heteroatoms. The third-order valence-corrected chi connectivity index (χ3v) is 6.50. The topological polar surface area (TPSA) is 89.3 Å². The molecule has 1 aliphatic rings. The fourth-order valence-corrected chi connectivity index (χ4v) is 4.39. The third-order valence-electron chi connectivity index (χ3n) is 5.49. The fraction of sp³-hybridized carbons (Fsp3) is 0.304. The monoisotopic (exact) mass is 451 g/mol. The number of benzene rings is 2. The van der Waals surface area contributed by atoms with Crippen molar-refractivity contribution in [3.8, 4) is 5.75 Å². The van der Waals surface area contributed by atoms with Gasteiger partial charge in [-0.15, -0.1) is 10.2 Å². The lowest BCUT2D eigenvalue weighted by molar-refractivity contribution is -0.129. The average Bonchev–Trinajstić information content (AvgIpc) is 3.19. The van der Waals surface area contributed by atoms with E-state index in [9.17, 15) is 9.59 Å². The summed E-state index contributed by atoms with van der Waals surface area (Å²) in [5.74, 6) is 1.49. The summed E-state index contributed by atoms with van der Waals surface area (Å²) in [5, 5.41) is 11.8. The van der Waals surface area contributed by atoms with Gasteiger partial charge >= 0.3 is 0 Å². The molecule has 0 unspecified atom stereocenters. The van der Waals surface area contributed by atoms with Gasteiger partial charge in [-0.1, -0.05) is 36.0 Å². The first-order valence-corrected chi connectivity index (χ1v) is 11.3. The maximum atomic E-state index is 12.7. The fourth-order valence-electron chi connectivity index (χ4n) is 3.55. The van der Waals surface area contributed by atoms with Crippen molar-refractivity contribution >= 4 is 23.6 Å². The maximum absolute atomic E-state index is 12.7. The number of nitrogens with one attached hydrogen (secondary N) is 1. The third kappa shape index (κ3) is 4.94. The second kappa shape index (κ2) is 9.86. The Hall–Kier alpha value is -3.33. The van der Waals surface area contributed by atoms with Gasteiger partial charge in [-0.2, -0.15) is 0 Å². The smallest absolute Gasteiger partial charge is 0.251 e. The molecule has 166 valence electrons. The van der Waals surface area contributed by atoms with Crippen molar-refractivity contribution < 1.29 is 14.3 Å². The van der Waals surface area contributed by atoms with Gasteiger partial charge in [-0.3, -0.25) is 9.59 Å². The number of nitrogens with zero attached hydrogens (tertiary/aromatic N) is 4. The van der Waals surface area contributed by atoms with Crippen molar-refractivity contribution in [2.24, 2.45) is 7.05 Å². The van der Waals surface area contributed by atoms with E-state index in [-0.39, 0.29) is 18.4 Å². The van der Waals surface area contributed by atoms with Crippen molar-refractivity contribution in [2.75, 3.05) is 19.4 Å². The van der Waals surface area contributed by atoms with Crippen LogP contribution >= 0.6 is 11.8 Å². The van der Waals surface area contributed by atoms with Crippen molar-refractivity contribution in [3.05, 3.63) is 71.0 Å². The zero-order chi connectivity index (χ0) is 22.5. The molecule has 2 amide bonds. The van der Waals surface area contributed by atoms with E-state index >= 15 is 0 Å². The highest BCUT2D eigenvalue weighted by Gasteiger charge is 2.21. The molecule has 3 aromatic rings. The van der Waals surface area contributed by atoms with E-state index in [1.165, 1.54) is 22.9 Å². The van der Waals surface area contributed by atoms with Gasteiger partial charge in [0.1, 0.15) is 5.75 Å². The number of amides is 2. The number of aromatic nitrogens is 3. The number of ether oxygens (including phenoxy) is 1. The van der Waals surface area contributed by atoms with Crippen molar-refractivity contribution in [2.45, 2.75) is 24.7 Å². The predicted molar refractivity (Wildman–Crippen MR) is 121 cm³/mol. The number of carbonyl (C=O) groups is 2. The van der Waals surface area contributed by atoms with Crippen LogP contribution in [-0.2, 0) is 31.4 Å². The molecule has 0 saturated carbocycles. The average molecular weight is 452 g/mol. The Bertz CT molecular complexity index is 1110. The summed E-state index contributed by atoms with van der Waals surface area (Å²) in [7, 11) is 3.41. The van der Waals surface area contributed by atoms with E-state index in [0.29, 0.717) is 34.6 Å². The zero-order valence-electron chi connectivity index (χ0n) is 18.1. The first kappa shape index (κ1) is 21.9. The van der Waals surface area contributed by atoms with Gasteiger partial charge in [0.05, 0.1) is 19.4 Å². The summed E-state index contributed by atoms with van der Waals surface area (Å²) in [4.78, 5) is 26.9. The molecule has 1 aromatic heterocycles. The Labute approximate surface area is 191 Å². The molecule has 2 aromatic carbocycles. The van der Waals surface area contributed by atoms with Crippen LogP contribution in [0.25, 0.3) is 0 Å². The van der Waals surface area contributed by atoms with E-state index in [1.54, 1.807) is 35.9 Å². The number of methoxy groups -OCH3 is 1. The lowest BCUT2D eigenvalue weighted by Gasteiger charge is -2.28. The molecule has 0 spiro atoms. The molecule has 2 heterocycles. The number of rotatable bonds is 7. The summed E-state index contributed by atoms with van der Waals surface area (Å²) < 4.78 is 6.91. The van der Waals surface area contributed by atoms with Crippen molar-refractivity contribution in [3.63, 3.8) is 0 Å². The molecule has 1 N–H and O–H groups in total. The van der Waals surface area contributed by atoms with Gasteiger partial charge < -0.3 is 19.5 Å². The van der Waals surface area contributed by atoms with E-state index < -0.39 is 0 Å². The van der Waals surface area contributed by atoms with E-state index in [1.807, 2.05) is 24.1 Å². The molecule has 1 aliphatic heterocycles. The highest BCUT2D eigenvalue weighted by Crippen LogP contribution is 2.21. The number of hydrogen-bond donors (Lipinski definition) is 1. The Morgan fingerprint density at radius 3 is 2.59 bits per heavy atom. The molecule has 32 heavy (non-hydrogen) atoms. The maximum Gasteiger partial charge on any atom is 0.251 e. The highest BCUT2D eigenvalue weighted by atomic mass is 32.2. The first-order valence-electron chi connectivity index (χ1n) is 10.3. The standard InChI is InChI=1S/C23H25N5O3S/c1-27-20(13-24-22(30)17-7-9-19(31-2)10-8-17)25-26-23(27)32-15-21(29)28-12-11-16-5-3-4-6-18(16)14-28/h3-10H,11-15H2,1-2H3,(H,24,30). The van der Waals surface area contributed by atoms with E-state index in [0.717, 1.165) is 13.0 Å². The van der Waals surface area contributed by atoms with Crippen LogP contribution in [0, 0.1) is 0 Å². The first-order chi connectivity index (χ1) is 15.5. The van der Waals surface area contributed by atoms with Gasteiger partial charge in [0.25, 0.3) is 5.91 Å². The SMILES string of the molecule is COc1ccc(C(=O)NCc2nnc(SCC(=O)N3CCc4ccccc4C3)n2C)cc1. The van der Waals surface area contributed by atoms with Crippen LogP contribution < -0.4 is 10.1 Å². The van der Waals surface area contributed by atoms with Crippen LogP contribution in [0.3, 0.4) is 0 Å². The summed E-state index contributed by atoms with van der Waals surface area (Å²) in [6, 6.07) is 15.1. The van der Waals surface area contributed by atoms with E-state index in [4.69, 9.17) is 4.74 Å². The van der Waals surface area contributed by atoms with Crippen LogP contribution in [-0.4, -0.2) is 50.9 Å². The largest absolute Gasteiger partial charge is 0.497 e. The van der Waals surface area contributed by atoms with Gasteiger partial charge in [-0.25, -0.2) is 0 Å². The molecule has 8 nitrogen and oxygen atoms in total. The molecular weight excluding hydrogens is 426 g/mol. The molecule has 0 aliphatic carbocycles. The molecule has 0 atom stereocenters. The molecule has 0 saturated heterocycles. The van der Waals surface area contributed by atoms with Gasteiger partial charge in [0, 0.05) is 25.7 Å². The summed E-state index contributed by atoms with van der Waals surface area (Å²) in [6.07, 6.45) is 0.884. The predicted octanol–water partition coefficient (Wildman–Crippen LogP) is 2.43. The van der Waals surface area contributed by atoms with Crippen LogP contribution in [0.15, 0.2) is 53.7 Å². The van der Waals surface area contributed by atoms with Gasteiger partial charge in [0.2, 0.25) is 5.91 Å². The summed E-state index contributed by atoms with van der Waals surface area (Å²) >= 11 is 1.36. The Morgan fingerprint density at radius 1 is 1.09 bits per heavy atom. The number of thioether (sulfide) groups is 1. The van der Waals surface area contributed by atoms with Crippen LogP contribution in [0.2, 0.25) is 0 Å². The van der Waals surface area contributed by atoms with Gasteiger partial charge in [-0.05, 0) is 41.8 Å². The van der Waals surface area contributed by atoms with Crippen LogP contribution in [0.1, 0.15) is 27.3 Å². The Morgan fingerprint density at radius 2 is 1.84 bits per heavy atom. The molecule has 0 bridgehead atoms. The summed E-state index contributed by atoms with van der Waals surface area (Å²) in [6.45, 7) is 1.63. The minimum Gasteiger partial charge on any atom is -0.497 e. The second-order valence-corrected chi connectivity index (χ2v) is 8.43. The minimum absolute atomic E-state index is 0.0851. The van der Waals surface area contributed by atoms with Crippen LogP contribution in [0.4, 0.5) is 0 Å². The molecule has 0 radical (unpaired) electrons. The Kier molecular flexibility index (Phi) is 6.75. The van der Waals surface area contributed by atoms with Crippen LogP contribution in [0.5, 0.6) is 5.75 Å². The number of carbonyl (C=O) groups excluding carboxylic acids is 2. The van der Waals surface area contributed by atoms with E-state index in [2.05, 4.69) is 27.6 Å². The lowest BCUT2D eigenvalue weighted by Crippen LogP contribution is -2.37. The second-order valence-electron chi connectivity index (χ2n) is 7.49. The van der Waals surface area contributed by atoms with Crippen molar-refractivity contribution in [1.29, 1.82) is 0 Å². The van der Waals surface area contributed by atoms with Gasteiger partial charge in [0.15, 0.2) is 11.0 Å². The summed E-state index contributed by atoms with van der Waals surface area (Å²) in [5.41, 5.74) is 3.07. The zero-order valence-corrected chi connectivity index (χ0v) is 18.9. The lowest BCUT2D eigenvalue weighted by atomic mass is 10.00. The molecule has 4 rings (SSSR count). The molecule has 0 fully saturated rings. The quantitative estimate of drug-likeness (QED) is 0.555. The number of hydrogen-bond acceptors (Lipinski definition) is 6. The number of fused-ring (bicyclic) bond motifs is 1. The Balaban J connectivity index is 1.29. The molecular formula is C23H25N5O3S. The highest BCUT2D eigenvalue weighted by molar-refractivity contribution is 7.99.